The first-order chi connectivity index (χ1) is 16.1. The van der Waals surface area contributed by atoms with E-state index < -0.39 is 16.8 Å². The number of carbonyl (C=O) groups is 2. The summed E-state index contributed by atoms with van der Waals surface area (Å²) in [5.74, 6) is -0.441. The van der Waals surface area contributed by atoms with E-state index in [0.29, 0.717) is 38.4 Å². The third kappa shape index (κ3) is 6.09. The summed E-state index contributed by atoms with van der Waals surface area (Å²) in [6.07, 6.45) is 1.54. The van der Waals surface area contributed by atoms with E-state index in [2.05, 4.69) is 10.1 Å². The van der Waals surface area contributed by atoms with Crippen LogP contribution in [-0.4, -0.2) is 39.3 Å². The number of pyridine rings is 1. The van der Waals surface area contributed by atoms with Crippen LogP contribution in [-0.2, 0) is 9.59 Å². The molecule has 1 aromatic carbocycles. The lowest BCUT2D eigenvalue weighted by Crippen LogP contribution is -2.40. The van der Waals surface area contributed by atoms with Crippen molar-refractivity contribution in [1.82, 2.24) is 10.1 Å². The minimum Gasteiger partial charge on any atom is -0.354 e. The van der Waals surface area contributed by atoms with Gasteiger partial charge in [0.2, 0.25) is 0 Å². The molecule has 1 amide bonds. The number of nitrogens with two attached hydrogens (primary N) is 1. The quantitative estimate of drug-likeness (QED) is 0.343. The van der Waals surface area contributed by atoms with Crippen LogP contribution in [0, 0.1) is 5.92 Å². The summed E-state index contributed by atoms with van der Waals surface area (Å²) in [5.41, 5.74) is 7.72. The van der Waals surface area contributed by atoms with Crippen molar-refractivity contribution in [2.24, 2.45) is 11.7 Å². The molecule has 34 heavy (non-hydrogen) atoms. The van der Waals surface area contributed by atoms with Crippen molar-refractivity contribution in [2.75, 3.05) is 11.4 Å². The molecule has 3 aromatic rings. The van der Waals surface area contributed by atoms with E-state index in [4.69, 9.17) is 56.7 Å². The predicted molar refractivity (Wildman–Crippen MR) is 135 cm³/mol. The number of hydrogen-bond acceptors (Lipinski definition) is 6. The Hall–Kier alpha value is -2.16. The number of amides is 1. The molecule has 0 unspecified atom stereocenters. The van der Waals surface area contributed by atoms with Gasteiger partial charge in [-0.3, -0.25) is 14.6 Å². The second kappa shape index (κ2) is 11.5. The second-order valence-corrected chi connectivity index (χ2v) is 9.76. The van der Waals surface area contributed by atoms with Gasteiger partial charge < -0.3 is 15.2 Å². The first kappa shape index (κ1) is 26.4. The van der Waals surface area contributed by atoms with Crippen LogP contribution in [0.15, 0.2) is 47.1 Å². The molecule has 0 bridgehead atoms. The molecule has 0 aliphatic carbocycles. The number of nitrogens with zero attached hydrogens (tertiary/aromatic N) is 3. The molecule has 0 radical (unpaired) electrons. The number of halogens is 4. The summed E-state index contributed by atoms with van der Waals surface area (Å²) in [7, 11) is 0. The van der Waals surface area contributed by atoms with Crippen LogP contribution in [0.1, 0.15) is 20.3 Å². The largest absolute Gasteiger partial charge is 0.354 e. The molecular formula is C23H22Cl4N4O3. The number of rotatable bonds is 9. The molecule has 180 valence electrons. The number of anilines is 1. The molecule has 0 aliphatic rings. The molecular weight excluding hydrogens is 522 g/mol. The fourth-order valence-corrected chi connectivity index (χ4v) is 4.05. The third-order valence-corrected chi connectivity index (χ3v) is 6.16. The van der Waals surface area contributed by atoms with Crippen LogP contribution < -0.4 is 10.6 Å². The van der Waals surface area contributed by atoms with Crippen LogP contribution in [0.2, 0.25) is 10.0 Å². The number of Topliss-reactive ketones (excluding diaryl/α,β-unsaturated/α-hetero) is 1. The van der Waals surface area contributed by atoms with Crippen LogP contribution in [0.25, 0.3) is 22.7 Å². The van der Waals surface area contributed by atoms with Gasteiger partial charge in [-0.1, -0.05) is 71.5 Å². The van der Waals surface area contributed by atoms with Crippen LogP contribution in [0.5, 0.6) is 0 Å². The average Bonchev–Trinajstić information content (AvgIpc) is 3.28. The lowest BCUT2D eigenvalue weighted by molar-refractivity contribution is -0.121. The zero-order valence-electron chi connectivity index (χ0n) is 18.3. The Morgan fingerprint density at radius 3 is 2.38 bits per heavy atom. The van der Waals surface area contributed by atoms with Crippen molar-refractivity contribution in [1.29, 1.82) is 0 Å². The maximum Gasteiger partial charge on any atom is 0.260 e. The molecule has 2 aromatic heterocycles. The van der Waals surface area contributed by atoms with Crippen molar-refractivity contribution < 1.29 is 14.1 Å². The van der Waals surface area contributed by atoms with E-state index in [9.17, 15) is 9.59 Å². The highest BCUT2D eigenvalue weighted by atomic mass is 35.5. The standard InChI is InChI=1S/C23H22Cl4N4O3/c1-12(2)21(28)18(32)7-9-31(23(33)22(26)27)13-6-8-29-16(10-13)19-11-17(30-34-19)20-14(24)4-3-5-15(20)25/h3-6,8,10-12,21-22H,7,9,28H2,1-2H3/t21-/m0/s1. The van der Waals surface area contributed by atoms with Crippen LogP contribution >= 0.6 is 46.4 Å². The van der Waals surface area contributed by atoms with Crippen LogP contribution in [0.3, 0.4) is 0 Å². The SMILES string of the molecule is CC(C)[C@H](N)C(=O)CCN(C(=O)C(Cl)Cl)c1ccnc(-c2cc(-c3c(Cl)cccc3Cl)no2)c1. The molecule has 0 fully saturated rings. The third-order valence-electron chi connectivity index (χ3n) is 5.16. The Bertz CT molecular complexity index is 1160. The summed E-state index contributed by atoms with van der Waals surface area (Å²) < 4.78 is 5.46. The maximum absolute atomic E-state index is 12.7. The molecule has 2 heterocycles. The van der Waals surface area contributed by atoms with Gasteiger partial charge in [-0.2, -0.15) is 0 Å². The second-order valence-electron chi connectivity index (χ2n) is 7.85. The van der Waals surface area contributed by atoms with Gasteiger partial charge in [-0.15, -0.1) is 0 Å². The summed E-state index contributed by atoms with van der Waals surface area (Å²) in [4.78, 5) is 29.4. The first-order valence-corrected chi connectivity index (χ1v) is 12.0. The molecule has 0 saturated carbocycles. The summed E-state index contributed by atoms with van der Waals surface area (Å²) in [6.45, 7) is 3.76. The van der Waals surface area contributed by atoms with E-state index in [1.807, 2.05) is 13.8 Å². The summed E-state index contributed by atoms with van der Waals surface area (Å²) >= 11 is 24.2. The molecule has 1 atom stereocenters. The molecule has 0 spiro atoms. The number of aromatic nitrogens is 2. The summed E-state index contributed by atoms with van der Waals surface area (Å²) in [6, 6.07) is 9.35. The average molecular weight is 544 g/mol. The fourth-order valence-electron chi connectivity index (χ4n) is 3.22. The van der Waals surface area contributed by atoms with Gasteiger partial charge in [-0.25, -0.2) is 0 Å². The van der Waals surface area contributed by atoms with Gasteiger partial charge in [0.25, 0.3) is 5.91 Å². The topological polar surface area (TPSA) is 102 Å². The van der Waals surface area contributed by atoms with Crippen molar-refractivity contribution in [3.05, 3.63) is 52.6 Å². The predicted octanol–water partition coefficient (Wildman–Crippen LogP) is 5.79. The first-order valence-electron chi connectivity index (χ1n) is 10.4. The van der Waals surface area contributed by atoms with Gasteiger partial charge in [0.1, 0.15) is 11.4 Å². The number of carbonyl (C=O) groups excluding carboxylic acids is 2. The highest BCUT2D eigenvalue weighted by molar-refractivity contribution is 6.54. The number of ketones is 1. The Labute approximate surface area is 217 Å². The molecule has 7 nitrogen and oxygen atoms in total. The monoisotopic (exact) mass is 542 g/mol. The highest BCUT2D eigenvalue weighted by Gasteiger charge is 2.25. The van der Waals surface area contributed by atoms with Gasteiger partial charge in [0, 0.05) is 36.5 Å². The number of hydrogen-bond donors (Lipinski definition) is 1. The Balaban J connectivity index is 1.90. The van der Waals surface area contributed by atoms with E-state index in [1.165, 1.54) is 11.1 Å². The van der Waals surface area contributed by atoms with E-state index in [-0.39, 0.29) is 24.7 Å². The zero-order chi connectivity index (χ0) is 25.0. The van der Waals surface area contributed by atoms with Gasteiger partial charge >= 0.3 is 0 Å². The van der Waals surface area contributed by atoms with Crippen molar-refractivity contribution in [3.8, 4) is 22.7 Å². The fraction of sp³-hybridized carbons (Fsp3) is 0.304. The Kier molecular flexibility index (Phi) is 8.95. The minimum absolute atomic E-state index is 0.0229. The normalized spacial score (nSPS) is 12.3. The highest BCUT2D eigenvalue weighted by Crippen LogP contribution is 2.36. The maximum atomic E-state index is 12.7. The van der Waals surface area contributed by atoms with E-state index in [0.717, 1.165) is 0 Å². The van der Waals surface area contributed by atoms with E-state index >= 15 is 0 Å². The molecule has 11 heteroatoms. The molecule has 0 aliphatic heterocycles. The van der Waals surface area contributed by atoms with E-state index in [1.54, 1.807) is 36.4 Å². The number of benzene rings is 1. The van der Waals surface area contributed by atoms with Crippen molar-refractivity contribution in [2.45, 2.75) is 31.1 Å². The van der Waals surface area contributed by atoms with Gasteiger partial charge in [0.05, 0.1) is 16.1 Å². The lowest BCUT2D eigenvalue weighted by Gasteiger charge is -2.24. The molecule has 0 saturated heterocycles. The van der Waals surface area contributed by atoms with Gasteiger partial charge in [-0.05, 0) is 30.2 Å². The molecule has 2 N–H and O–H groups in total. The molecule has 3 rings (SSSR count). The van der Waals surface area contributed by atoms with Crippen molar-refractivity contribution >= 4 is 63.8 Å². The van der Waals surface area contributed by atoms with Crippen molar-refractivity contribution in [3.63, 3.8) is 0 Å². The minimum atomic E-state index is -1.32. The Morgan fingerprint density at radius 1 is 1.09 bits per heavy atom. The van der Waals surface area contributed by atoms with Crippen LogP contribution in [0.4, 0.5) is 5.69 Å². The zero-order valence-corrected chi connectivity index (χ0v) is 21.4. The van der Waals surface area contributed by atoms with Gasteiger partial charge in [0.15, 0.2) is 16.4 Å². The lowest BCUT2D eigenvalue weighted by atomic mass is 9.99. The summed E-state index contributed by atoms with van der Waals surface area (Å²) in [5, 5.41) is 4.90. The number of alkyl halides is 2. The Morgan fingerprint density at radius 2 is 1.76 bits per heavy atom. The smallest absolute Gasteiger partial charge is 0.260 e.